The monoisotopic (exact) mass is 283 g/mol. The molecule has 0 atom stereocenters. The average Bonchev–Trinajstić information content (AvgIpc) is 2.90. The number of nitrogens with one attached hydrogen (secondary N) is 2. The molecule has 1 aromatic rings. The lowest BCUT2D eigenvalue weighted by molar-refractivity contribution is 0.579. The van der Waals surface area contributed by atoms with E-state index >= 15 is 0 Å². The van der Waals surface area contributed by atoms with Crippen molar-refractivity contribution >= 4 is 21.4 Å². The van der Waals surface area contributed by atoms with Crippen molar-refractivity contribution in [1.82, 2.24) is 4.72 Å². The third kappa shape index (κ3) is 3.39. The molecule has 0 saturated heterocycles. The Kier molecular flexibility index (Phi) is 4.31. The summed E-state index contributed by atoms with van der Waals surface area (Å²) >= 11 is 0. The van der Waals surface area contributed by atoms with Crippen molar-refractivity contribution in [2.24, 2.45) is 5.92 Å². The van der Waals surface area contributed by atoms with Crippen LogP contribution in [0.25, 0.3) is 0 Å². The predicted molar refractivity (Wildman–Crippen MR) is 77.5 cm³/mol. The van der Waals surface area contributed by atoms with Crippen molar-refractivity contribution in [2.75, 3.05) is 24.6 Å². The van der Waals surface area contributed by atoms with E-state index in [0.717, 1.165) is 6.54 Å². The normalized spacial score (nSPS) is 16.7. The number of nitrogen functional groups attached to an aromatic ring is 1. The second-order valence-electron chi connectivity index (χ2n) is 4.99. The molecule has 1 fully saturated rings. The van der Waals surface area contributed by atoms with E-state index < -0.39 is 10.0 Å². The highest BCUT2D eigenvalue weighted by atomic mass is 32.2. The second kappa shape index (κ2) is 5.79. The Morgan fingerprint density at radius 1 is 1.32 bits per heavy atom. The molecular weight excluding hydrogens is 262 g/mol. The standard InChI is InChI=1S/C13H21N3O2S/c1-15-19(17,18)11-6-7-12(14)13(8-11)16-9-10-4-2-3-5-10/h6-8,10,15-16H,2-5,9,14H2,1H3. The highest BCUT2D eigenvalue weighted by Gasteiger charge is 2.16. The Labute approximate surface area is 114 Å². The van der Waals surface area contributed by atoms with E-state index in [1.807, 2.05) is 0 Å². The molecule has 1 aliphatic carbocycles. The molecule has 5 nitrogen and oxygen atoms in total. The molecule has 19 heavy (non-hydrogen) atoms. The van der Waals surface area contributed by atoms with E-state index in [2.05, 4.69) is 10.0 Å². The van der Waals surface area contributed by atoms with Gasteiger partial charge in [0.15, 0.2) is 0 Å². The number of hydrogen-bond acceptors (Lipinski definition) is 4. The summed E-state index contributed by atoms with van der Waals surface area (Å²) in [7, 11) is -2.02. The topological polar surface area (TPSA) is 84.2 Å². The predicted octanol–water partition coefficient (Wildman–Crippen LogP) is 1.78. The first-order valence-corrected chi connectivity index (χ1v) is 8.08. The first-order valence-electron chi connectivity index (χ1n) is 6.60. The van der Waals surface area contributed by atoms with Crippen LogP contribution < -0.4 is 15.8 Å². The number of hydrogen-bond donors (Lipinski definition) is 3. The van der Waals surface area contributed by atoms with Crippen LogP contribution in [0, 0.1) is 5.92 Å². The highest BCUT2D eigenvalue weighted by Crippen LogP contribution is 2.27. The lowest BCUT2D eigenvalue weighted by Crippen LogP contribution is -2.19. The van der Waals surface area contributed by atoms with Gasteiger partial charge < -0.3 is 11.1 Å². The van der Waals surface area contributed by atoms with Crippen molar-refractivity contribution < 1.29 is 8.42 Å². The molecule has 1 aromatic carbocycles. The molecule has 1 saturated carbocycles. The van der Waals surface area contributed by atoms with Gasteiger partial charge in [-0.25, -0.2) is 13.1 Å². The van der Waals surface area contributed by atoms with Crippen LogP contribution in [-0.4, -0.2) is 22.0 Å². The van der Waals surface area contributed by atoms with Gasteiger partial charge >= 0.3 is 0 Å². The highest BCUT2D eigenvalue weighted by molar-refractivity contribution is 7.89. The minimum Gasteiger partial charge on any atom is -0.397 e. The van der Waals surface area contributed by atoms with E-state index in [4.69, 9.17) is 5.73 Å². The number of nitrogens with two attached hydrogens (primary N) is 1. The number of sulfonamides is 1. The van der Waals surface area contributed by atoms with Crippen LogP contribution >= 0.6 is 0 Å². The molecule has 2 rings (SSSR count). The number of benzene rings is 1. The van der Waals surface area contributed by atoms with Crippen molar-refractivity contribution in [2.45, 2.75) is 30.6 Å². The van der Waals surface area contributed by atoms with Gasteiger partial charge in [0.25, 0.3) is 0 Å². The summed E-state index contributed by atoms with van der Waals surface area (Å²) in [5.74, 6) is 0.670. The van der Waals surface area contributed by atoms with Crippen LogP contribution in [0.2, 0.25) is 0 Å². The zero-order valence-corrected chi connectivity index (χ0v) is 12.0. The van der Waals surface area contributed by atoms with Gasteiger partial charge in [0.2, 0.25) is 10.0 Å². The van der Waals surface area contributed by atoms with Crippen LogP contribution in [0.1, 0.15) is 25.7 Å². The summed E-state index contributed by atoms with van der Waals surface area (Å²) in [5, 5.41) is 3.27. The third-order valence-electron chi connectivity index (χ3n) is 3.66. The lowest BCUT2D eigenvalue weighted by Gasteiger charge is -2.14. The summed E-state index contributed by atoms with van der Waals surface area (Å²) in [5.41, 5.74) is 7.16. The first-order chi connectivity index (χ1) is 9.03. The van der Waals surface area contributed by atoms with Gasteiger partial charge in [-0.05, 0) is 44.0 Å². The number of rotatable bonds is 5. The summed E-state index contributed by atoms with van der Waals surface area (Å²) < 4.78 is 25.8. The van der Waals surface area contributed by atoms with Crippen LogP contribution in [0.15, 0.2) is 23.1 Å². The summed E-state index contributed by atoms with van der Waals surface area (Å²) in [4.78, 5) is 0.234. The van der Waals surface area contributed by atoms with Crippen LogP contribution in [-0.2, 0) is 10.0 Å². The van der Waals surface area contributed by atoms with Gasteiger partial charge in [0.05, 0.1) is 16.3 Å². The number of anilines is 2. The summed E-state index contributed by atoms with van der Waals surface area (Å²) in [6, 6.07) is 4.74. The largest absolute Gasteiger partial charge is 0.397 e. The van der Waals surface area contributed by atoms with E-state index in [-0.39, 0.29) is 4.90 Å². The molecular formula is C13H21N3O2S. The Bertz CT molecular complexity index is 537. The molecule has 1 aliphatic rings. The smallest absolute Gasteiger partial charge is 0.240 e. The Morgan fingerprint density at radius 2 is 2.00 bits per heavy atom. The molecule has 0 radical (unpaired) electrons. The van der Waals surface area contributed by atoms with Crippen LogP contribution in [0.4, 0.5) is 11.4 Å². The fraction of sp³-hybridized carbons (Fsp3) is 0.538. The van der Waals surface area contributed by atoms with E-state index in [0.29, 0.717) is 17.3 Å². The van der Waals surface area contributed by atoms with Crippen molar-refractivity contribution in [1.29, 1.82) is 0 Å². The summed E-state index contributed by atoms with van der Waals surface area (Å²) in [6.45, 7) is 0.854. The molecule has 106 valence electrons. The lowest BCUT2D eigenvalue weighted by atomic mass is 10.1. The molecule has 0 unspecified atom stereocenters. The van der Waals surface area contributed by atoms with Gasteiger partial charge in [0.1, 0.15) is 0 Å². The molecule has 0 heterocycles. The van der Waals surface area contributed by atoms with Crippen molar-refractivity contribution in [3.05, 3.63) is 18.2 Å². The fourth-order valence-electron chi connectivity index (χ4n) is 2.44. The first kappa shape index (κ1) is 14.1. The van der Waals surface area contributed by atoms with Gasteiger partial charge in [-0.3, -0.25) is 0 Å². The fourth-order valence-corrected chi connectivity index (χ4v) is 3.20. The Morgan fingerprint density at radius 3 is 2.63 bits per heavy atom. The van der Waals surface area contributed by atoms with Crippen molar-refractivity contribution in [3.8, 4) is 0 Å². The zero-order chi connectivity index (χ0) is 13.9. The minimum absolute atomic E-state index is 0.234. The van der Waals surface area contributed by atoms with Crippen LogP contribution in [0.5, 0.6) is 0 Å². The second-order valence-corrected chi connectivity index (χ2v) is 6.87. The molecule has 0 amide bonds. The SMILES string of the molecule is CNS(=O)(=O)c1ccc(N)c(NCC2CCCC2)c1. The molecule has 6 heteroatoms. The molecule has 0 spiro atoms. The molecule has 0 aliphatic heterocycles. The maximum atomic E-state index is 11.7. The average molecular weight is 283 g/mol. The van der Waals surface area contributed by atoms with Gasteiger partial charge in [0, 0.05) is 6.54 Å². The van der Waals surface area contributed by atoms with Crippen LogP contribution in [0.3, 0.4) is 0 Å². The summed E-state index contributed by atoms with van der Waals surface area (Å²) in [6.07, 6.45) is 5.05. The van der Waals surface area contributed by atoms with Crippen molar-refractivity contribution in [3.63, 3.8) is 0 Å². The Balaban J connectivity index is 2.13. The minimum atomic E-state index is -3.42. The molecule has 0 aromatic heterocycles. The zero-order valence-electron chi connectivity index (χ0n) is 11.1. The quantitative estimate of drug-likeness (QED) is 0.719. The van der Waals surface area contributed by atoms with E-state index in [1.165, 1.54) is 38.8 Å². The molecule has 0 bridgehead atoms. The molecule has 4 N–H and O–H groups in total. The third-order valence-corrected chi connectivity index (χ3v) is 5.07. The maximum absolute atomic E-state index is 11.7. The van der Waals surface area contributed by atoms with Gasteiger partial charge in [-0.15, -0.1) is 0 Å². The van der Waals surface area contributed by atoms with Gasteiger partial charge in [-0.1, -0.05) is 12.8 Å². The van der Waals surface area contributed by atoms with E-state index in [1.54, 1.807) is 12.1 Å². The van der Waals surface area contributed by atoms with Gasteiger partial charge in [-0.2, -0.15) is 0 Å². The maximum Gasteiger partial charge on any atom is 0.240 e. The van der Waals surface area contributed by atoms with E-state index in [9.17, 15) is 8.42 Å². The Hall–Kier alpha value is -1.27.